The molecule has 0 bridgehead atoms. The second-order valence-corrected chi connectivity index (χ2v) is 5.53. The van der Waals surface area contributed by atoms with E-state index in [2.05, 4.69) is 4.98 Å². The summed E-state index contributed by atoms with van der Waals surface area (Å²) in [4.78, 5) is 16.6. The van der Waals surface area contributed by atoms with Gasteiger partial charge in [0.05, 0.1) is 5.52 Å². The lowest BCUT2D eigenvalue weighted by Crippen LogP contribution is -2.03. The van der Waals surface area contributed by atoms with E-state index in [9.17, 15) is 4.79 Å². The zero-order valence-corrected chi connectivity index (χ0v) is 11.1. The van der Waals surface area contributed by atoms with E-state index in [1.807, 2.05) is 30.3 Å². The van der Waals surface area contributed by atoms with Crippen LogP contribution in [-0.4, -0.2) is 10.8 Å². The van der Waals surface area contributed by atoms with Gasteiger partial charge in [-0.2, -0.15) is 0 Å². The number of Topliss-reactive ketones (excluding diaryl/α,β-unsaturated/α-hetero) is 1. The molecule has 2 aromatic rings. The highest BCUT2D eigenvalue weighted by atomic mass is 16.1. The van der Waals surface area contributed by atoms with Crippen molar-refractivity contribution in [1.29, 1.82) is 0 Å². The van der Waals surface area contributed by atoms with Gasteiger partial charge in [-0.1, -0.05) is 43.9 Å². The Bertz CT molecular complexity index is 585. The number of hydrogen-bond donors (Lipinski definition) is 0. The molecule has 3 rings (SSSR count). The summed E-state index contributed by atoms with van der Waals surface area (Å²) in [6.07, 6.45) is 8.74. The van der Waals surface area contributed by atoms with Gasteiger partial charge in [0.15, 0.2) is 5.78 Å². The van der Waals surface area contributed by atoms with Crippen LogP contribution < -0.4 is 0 Å². The van der Waals surface area contributed by atoms with Crippen molar-refractivity contribution in [1.82, 2.24) is 4.98 Å². The van der Waals surface area contributed by atoms with E-state index >= 15 is 0 Å². The lowest BCUT2D eigenvalue weighted by molar-refractivity contribution is 0.0973. The van der Waals surface area contributed by atoms with Gasteiger partial charge in [0, 0.05) is 23.6 Å². The molecule has 0 amide bonds. The molecule has 0 atom stereocenters. The van der Waals surface area contributed by atoms with Crippen molar-refractivity contribution in [3.8, 4) is 0 Å². The minimum absolute atomic E-state index is 0.241. The minimum atomic E-state index is 0.241. The van der Waals surface area contributed by atoms with Crippen LogP contribution in [0.5, 0.6) is 0 Å². The third-order valence-electron chi connectivity index (χ3n) is 4.17. The largest absolute Gasteiger partial charge is 0.294 e. The maximum absolute atomic E-state index is 12.2. The SMILES string of the molecule is O=C(CCC1CCCC1)c1cnc2ccccc2c1. The van der Waals surface area contributed by atoms with Gasteiger partial charge in [0.25, 0.3) is 0 Å². The normalized spacial score (nSPS) is 16.0. The summed E-state index contributed by atoms with van der Waals surface area (Å²) in [5.74, 6) is 1.02. The molecule has 0 saturated heterocycles. The molecule has 0 N–H and O–H groups in total. The molecule has 1 aromatic heterocycles. The highest BCUT2D eigenvalue weighted by Gasteiger charge is 2.17. The van der Waals surface area contributed by atoms with Crippen molar-refractivity contribution in [2.75, 3.05) is 0 Å². The van der Waals surface area contributed by atoms with E-state index in [0.717, 1.165) is 28.8 Å². The van der Waals surface area contributed by atoms with Crippen molar-refractivity contribution in [3.05, 3.63) is 42.1 Å². The monoisotopic (exact) mass is 253 g/mol. The Kier molecular flexibility index (Phi) is 3.58. The van der Waals surface area contributed by atoms with Gasteiger partial charge in [0.1, 0.15) is 0 Å². The van der Waals surface area contributed by atoms with E-state index in [1.54, 1.807) is 6.20 Å². The number of para-hydroxylation sites is 1. The van der Waals surface area contributed by atoms with Crippen LogP contribution in [0.25, 0.3) is 10.9 Å². The van der Waals surface area contributed by atoms with Gasteiger partial charge < -0.3 is 0 Å². The lowest BCUT2D eigenvalue weighted by atomic mass is 9.97. The van der Waals surface area contributed by atoms with Crippen LogP contribution in [0.2, 0.25) is 0 Å². The molecule has 0 radical (unpaired) electrons. The number of fused-ring (bicyclic) bond motifs is 1. The Labute approximate surface area is 113 Å². The molecule has 2 heteroatoms. The molecule has 1 saturated carbocycles. The van der Waals surface area contributed by atoms with Gasteiger partial charge in [0.2, 0.25) is 0 Å². The number of aromatic nitrogens is 1. The molecule has 0 aliphatic heterocycles. The number of pyridine rings is 1. The number of nitrogens with zero attached hydrogens (tertiary/aromatic N) is 1. The molecule has 2 nitrogen and oxygen atoms in total. The lowest BCUT2D eigenvalue weighted by Gasteiger charge is -2.08. The number of rotatable bonds is 4. The summed E-state index contributed by atoms with van der Waals surface area (Å²) in [6, 6.07) is 9.91. The van der Waals surface area contributed by atoms with Crippen LogP contribution in [0.15, 0.2) is 36.5 Å². The summed E-state index contributed by atoms with van der Waals surface area (Å²) in [7, 11) is 0. The van der Waals surface area contributed by atoms with E-state index < -0.39 is 0 Å². The zero-order valence-electron chi connectivity index (χ0n) is 11.1. The van der Waals surface area contributed by atoms with Gasteiger partial charge in [-0.3, -0.25) is 9.78 Å². The summed E-state index contributed by atoms with van der Waals surface area (Å²) < 4.78 is 0. The van der Waals surface area contributed by atoms with Gasteiger partial charge >= 0.3 is 0 Å². The first-order valence-corrected chi connectivity index (χ1v) is 7.21. The van der Waals surface area contributed by atoms with Crippen molar-refractivity contribution >= 4 is 16.7 Å². The van der Waals surface area contributed by atoms with E-state index in [1.165, 1.54) is 25.7 Å². The second kappa shape index (κ2) is 5.52. The first-order valence-electron chi connectivity index (χ1n) is 7.21. The molecule has 1 aliphatic rings. The second-order valence-electron chi connectivity index (χ2n) is 5.53. The number of benzene rings is 1. The first-order chi connectivity index (χ1) is 9.33. The van der Waals surface area contributed by atoms with Crippen LogP contribution in [0.1, 0.15) is 48.9 Å². The Morgan fingerprint density at radius 2 is 2.00 bits per heavy atom. The molecule has 98 valence electrons. The third kappa shape index (κ3) is 2.83. The highest BCUT2D eigenvalue weighted by molar-refractivity contribution is 5.98. The average Bonchev–Trinajstić information content (AvgIpc) is 2.97. The molecule has 1 fully saturated rings. The van der Waals surface area contributed by atoms with Crippen molar-refractivity contribution < 1.29 is 4.79 Å². The zero-order chi connectivity index (χ0) is 13.1. The van der Waals surface area contributed by atoms with E-state index in [0.29, 0.717) is 6.42 Å². The van der Waals surface area contributed by atoms with Crippen LogP contribution in [-0.2, 0) is 0 Å². The van der Waals surface area contributed by atoms with Crippen LogP contribution in [0.3, 0.4) is 0 Å². The van der Waals surface area contributed by atoms with Gasteiger partial charge in [-0.25, -0.2) is 0 Å². The summed E-state index contributed by atoms with van der Waals surface area (Å²) >= 11 is 0. The van der Waals surface area contributed by atoms with Crippen LogP contribution >= 0.6 is 0 Å². The smallest absolute Gasteiger partial charge is 0.164 e. The molecule has 1 aromatic carbocycles. The maximum atomic E-state index is 12.2. The molecule has 1 heterocycles. The first kappa shape index (κ1) is 12.3. The summed E-state index contributed by atoms with van der Waals surface area (Å²) in [5.41, 5.74) is 1.71. The topological polar surface area (TPSA) is 30.0 Å². The fourth-order valence-electron chi connectivity index (χ4n) is 3.00. The van der Waals surface area contributed by atoms with Crippen molar-refractivity contribution in [3.63, 3.8) is 0 Å². The fourth-order valence-corrected chi connectivity index (χ4v) is 3.00. The minimum Gasteiger partial charge on any atom is -0.294 e. The summed E-state index contributed by atoms with van der Waals surface area (Å²) in [5, 5.41) is 1.05. The van der Waals surface area contributed by atoms with Crippen LogP contribution in [0.4, 0.5) is 0 Å². The number of carbonyl (C=O) groups is 1. The molecule has 0 spiro atoms. The average molecular weight is 253 g/mol. The molecule has 1 aliphatic carbocycles. The Hall–Kier alpha value is -1.70. The predicted octanol–water partition coefficient (Wildman–Crippen LogP) is 4.39. The number of ketones is 1. The van der Waals surface area contributed by atoms with Crippen molar-refractivity contribution in [2.45, 2.75) is 38.5 Å². The summed E-state index contributed by atoms with van der Waals surface area (Å²) in [6.45, 7) is 0. The predicted molar refractivity (Wildman–Crippen MR) is 77.3 cm³/mol. The van der Waals surface area contributed by atoms with Crippen molar-refractivity contribution in [2.24, 2.45) is 5.92 Å². The third-order valence-corrected chi connectivity index (χ3v) is 4.17. The number of hydrogen-bond acceptors (Lipinski definition) is 2. The van der Waals surface area contributed by atoms with Gasteiger partial charge in [-0.15, -0.1) is 0 Å². The highest BCUT2D eigenvalue weighted by Crippen LogP contribution is 2.29. The number of carbonyl (C=O) groups excluding carboxylic acids is 1. The Morgan fingerprint density at radius 3 is 2.84 bits per heavy atom. The van der Waals surface area contributed by atoms with Gasteiger partial charge in [-0.05, 0) is 24.5 Å². The fraction of sp³-hybridized carbons (Fsp3) is 0.412. The molecular formula is C17H19NO. The Balaban J connectivity index is 1.70. The quantitative estimate of drug-likeness (QED) is 0.756. The van der Waals surface area contributed by atoms with E-state index in [-0.39, 0.29) is 5.78 Å². The Morgan fingerprint density at radius 1 is 1.21 bits per heavy atom. The molecular weight excluding hydrogens is 234 g/mol. The maximum Gasteiger partial charge on any atom is 0.164 e. The molecule has 0 unspecified atom stereocenters. The molecule has 19 heavy (non-hydrogen) atoms. The standard InChI is InChI=1S/C17H19NO/c19-17(10-9-13-5-1-2-6-13)15-11-14-7-3-4-8-16(14)18-12-15/h3-4,7-8,11-13H,1-2,5-6,9-10H2. The van der Waals surface area contributed by atoms with E-state index in [4.69, 9.17) is 0 Å². The van der Waals surface area contributed by atoms with Crippen LogP contribution in [0, 0.1) is 5.92 Å².